The molecule has 1 aromatic carbocycles. The molecule has 1 aromatic heterocycles. The molecule has 2 rings (SSSR count). The number of benzene rings is 1. The second-order valence-electron chi connectivity index (χ2n) is 5.20. The summed E-state index contributed by atoms with van der Waals surface area (Å²) in [7, 11) is 1.89. The van der Waals surface area contributed by atoms with Crippen LogP contribution >= 0.6 is 0 Å². The number of hydrogen-bond donors (Lipinski definition) is 1. The molecule has 1 unspecified atom stereocenters. The van der Waals surface area contributed by atoms with Gasteiger partial charge in [0.15, 0.2) is 0 Å². The van der Waals surface area contributed by atoms with Gasteiger partial charge in [0, 0.05) is 18.9 Å². The molecule has 0 spiro atoms. The van der Waals surface area contributed by atoms with Gasteiger partial charge in [-0.15, -0.1) is 0 Å². The third kappa shape index (κ3) is 2.99. The van der Waals surface area contributed by atoms with Crippen molar-refractivity contribution >= 4 is 5.97 Å². The molecule has 0 fully saturated rings. The first kappa shape index (κ1) is 14.1. The number of aliphatic carboxylic acids is 1. The Hall–Kier alpha value is -2.29. The Balaban J connectivity index is 2.43. The Morgan fingerprint density at radius 2 is 2.00 bits per heavy atom. The fraction of sp³-hybridized carbons (Fsp3) is 0.235. The van der Waals surface area contributed by atoms with E-state index in [2.05, 4.69) is 6.58 Å². The molecule has 1 atom stereocenters. The lowest BCUT2D eigenvalue weighted by Crippen LogP contribution is -2.15. The van der Waals surface area contributed by atoms with Gasteiger partial charge < -0.3 is 9.67 Å². The summed E-state index contributed by atoms with van der Waals surface area (Å²) in [6.07, 6.45) is 2.75. The maximum absolute atomic E-state index is 11.7. The second kappa shape index (κ2) is 5.78. The molecular weight excluding hydrogens is 250 g/mol. The zero-order chi connectivity index (χ0) is 14.7. The summed E-state index contributed by atoms with van der Waals surface area (Å²) in [5.41, 5.74) is 3.74. The van der Waals surface area contributed by atoms with Crippen molar-refractivity contribution in [3.63, 3.8) is 0 Å². The van der Waals surface area contributed by atoms with E-state index in [1.165, 1.54) is 0 Å². The Morgan fingerprint density at radius 1 is 1.35 bits per heavy atom. The molecule has 1 N–H and O–H groups in total. The van der Waals surface area contributed by atoms with Gasteiger partial charge in [0.2, 0.25) is 0 Å². The van der Waals surface area contributed by atoms with Gasteiger partial charge in [-0.2, -0.15) is 0 Å². The Bertz CT molecular complexity index is 626. The SMILES string of the molecule is C=C(C)Cc1cc(C(C(=O)O)c2ccccc2)n(C)c1. The van der Waals surface area contributed by atoms with Crippen LogP contribution in [0, 0.1) is 0 Å². The molecule has 0 aliphatic rings. The monoisotopic (exact) mass is 269 g/mol. The van der Waals surface area contributed by atoms with E-state index < -0.39 is 11.9 Å². The van der Waals surface area contributed by atoms with Gasteiger partial charge >= 0.3 is 5.97 Å². The van der Waals surface area contributed by atoms with Crippen LogP contribution in [0.5, 0.6) is 0 Å². The summed E-state index contributed by atoms with van der Waals surface area (Å²) < 4.78 is 1.89. The standard InChI is InChI=1S/C17H19NO2/c1-12(2)9-13-10-15(18(3)11-13)16(17(19)20)14-7-5-4-6-8-14/h4-8,10-11,16H,1,9H2,2-3H3,(H,19,20). The highest BCUT2D eigenvalue weighted by Crippen LogP contribution is 2.27. The molecule has 2 aromatic rings. The van der Waals surface area contributed by atoms with Crippen LogP contribution in [0.3, 0.4) is 0 Å². The minimum atomic E-state index is -0.834. The molecule has 1 heterocycles. The van der Waals surface area contributed by atoms with E-state index in [-0.39, 0.29) is 0 Å². The molecule has 20 heavy (non-hydrogen) atoms. The van der Waals surface area contributed by atoms with Crippen molar-refractivity contribution in [1.82, 2.24) is 4.57 Å². The summed E-state index contributed by atoms with van der Waals surface area (Å²) in [5.74, 6) is -1.47. The van der Waals surface area contributed by atoms with Crippen molar-refractivity contribution in [3.05, 3.63) is 71.6 Å². The lowest BCUT2D eigenvalue weighted by Gasteiger charge is -2.13. The molecule has 3 heteroatoms. The van der Waals surface area contributed by atoms with Crippen LogP contribution in [0.25, 0.3) is 0 Å². The van der Waals surface area contributed by atoms with Gasteiger partial charge in [-0.1, -0.05) is 42.5 Å². The minimum absolute atomic E-state index is 0.639. The van der Waals surface area contributed by atoms with E-state index >= 15 is 0 Å². The smallest absolute Gasteiger partial charge is 0.317 e. The molecule has 0 aliphatic carbocycles. The molecule has 0 saturated heterocycles. The van der Waals surface area contributed by atoms with E-state index in [0.29, 0.717) is 0 Å². The number of allylic oxidation sites excluding steroid dienone is 1. The van der Waals surface area contributed by atoms with Crippen molar-refractivity contribution in [2.75, 3.05) is 0 Å². The first-order valence-corrected chi connectivity index (χ1v) is 6.56. The maximum Gasteiger partial charge on any atom is 0.317 e. The predicted octanol–water partition coefficient (Wildman–Crippen LogP) is 3.36. The number of carbonyl (C=O) groups is 1. The Kier molecular flexibility index (Phi) is 4.08. The largest absolute Gasteiger partial charge is 0.480 e. The normalized spacial score (nSPS) is 12.1. The van der Waals surface area contributed by atoms with E-state index in [9.17, 15) is 9.90 Å². The summed E-state index contributed by atoms with van der Waals surface area (Å²) in [6.45, 7) is 5.87. The van der Waals surface area contributed by atoms with E-state index in [1.54, 1.807) is 0 Å². The molecule has 3 nitrogen and oxygen atoms in total. The van der Waals surface area contributed by atoms with Gasteiger partial charge in [-0.05, 0) is 30.5 Å². The van der Waals surface area contributed by atoms with Crippen LogP contribution < -0.4 is 0 Å². The Morgan fingerprint density at radius 3 is 2.55 bits per heavy atom. The number of nitrogens with zero attached hydrogens (tertiary/aromatic N) is 1. The number of aromatic nitrogens is 1. The third-order valence-electron chi connectivity index (χ3n) is 3.28. The van der Waals surface area contributed by atoms with Crippen molar-refractivity contribution in [1.29, 1.82) is 0 Å². The second-order valence-corrected chi connectivity index (χ2v) is 5.20. The molecule has 0 radical (unpaired) electrons. The number of hydrogen-bond acceptors (Lipinski definition) is 1. The zero-order valence-corrected chi connectivity index (χ0v) is 11.8. The van der Waals surface area contributed by atoms with Crippen molar-refractivity contribution in [2.24, 2.45) is 7.05 Å². The first-order valence-electron chi connectivity index (χ1n) is 6.56. The summed E-state index contributed by atoms with van der Waals surface area (Å²) in [4.78, 5) is 11.7. The number of carboxylic acids is 1. The molecular formula is C17H19NO2. The lowest BCUT2D eigenvalue weighted by atomic mass is 9.95. The highest BCUT2D eigenvalue weighted by atomic mass is 16.4. The molecule has 0 bridgehead atoms. The fourth-order valence-electron chi connectivity index (χ4n) is 2.47. The molecule has 0 amide bonds. The van der Waals surface area contributed by atoms with Crippen molar-refractivity contribution in [2.45, 2.75) is 19.3 Å². The number of aryl methyl sites for hydroxylation is 1. The van der Waals surface area contributed by atoms with Crippen LogP contribution in [0.4, 0.5) is 0 Å². The third-order valence-corrected chi connectivity index (χ3v) is 3.28. The van der Waals surface area contributed by atoms with Crippen LogP contribution in [-0.4, -0.2) is 15.6 Å². The number of rotatable bonds is 5. The average molecular weight is 269 g/mol. The van der Waals surface area contributed by atoms with Gasteiger partial charge in [0.25, 0.3) is 0 Å². The highest BCUT2D eigenvalue weighted by molar-refractivity contribution is 5.80. The summed E-state index contributed by atoms with van der Waals surface area (Å²) in [6, 6.07) is 11.3. The van der Waals surface area contributed by atoms with Crippen LogP contribution in [-0.2, 0) is 18.3 Å². The molecule has 104 valence electrons. The van der Waals surface area contributed by atoms with Crippen LogP contribution in [0.1, 0.15) is 29.7 Å². The van der Waals surface area contributed by atoms with E-state index in [0.717, 1.165) is 28.8 Å². The number of carboxylic acid groups (broad SMARTS) is 1. The Labute approximate surface area is 119 Å². The highest BCUT2D eigenvalue weighted by Gasteiger charge is 2.24. The van der Waals surface area contributed by atoms with Crippen LogP contribution in [0.15, 0.2) is 54.7 Å². The van der Waals surface area contributed by atoms with Crippen molar-refractivity contribution < 1.29 is 9.90 Å². The zero-order valence-electron chi connectivity index (χ0n) is 11.8. The topological polar surface area (TPSA) is 42.2 Å². The first-order chi connectivity index (χ1) is 9.49. The van der Waals surface area contributed by atoms with Gasteiger partial charge in [0.1, 0.15) is 5.92 Å². The van der Waals surface area contributed by atoms with E-state index in [1.807, 2.05) is 61.1 Å². The van der Waals surface area contributed by atoms with Gasteiger partial charge in [-0.25, -0.2) is 0 Å². The molecule has 0 saturated carbocycles. The maximum atomic E-state index is 11.7. The molecule has 0 aliphatic heterocycles. The van der Waals surface area contributed by atoms with E-state index in [4.69, 9.17) is 0 Å². The minimum Gasteiger partial charge on any atom is -0.480 e. The quantitative estimate of drug-likeness (QED) is 0.846. The predicted molar refractivity (Wildman–Crippen MR) is 79.9 cm³/mol. The fourth-order valence-corrected chi connectivity index (χ4v) is 2.47. The lowest BCUT2D eigenvalue weighted by molar-refractivity contribution is -0.137. The summed E-state index contributed by atoms with van der Waals surface area (Å²) >= 11 is 0. The summed E-state index contributed by atoms with van der Waals surface area (Å²) in [5, 5.41) is 9.56. The van der Waals surface area contributed by atoms with Crippen LogP contribution in [0.2, 0.25) is 0 Å². The van der Waals surface area contributed by atoms with Gasteiger partial charge in [0.05, 0.1) is 0 Å². The average Bonchev–Trinajstić information content (AvgIpc) is 2.70. The van der Waals surface area contributed by atoms with Crippen molar-refractivity contribution in [3.8, 4) is 0 Å². The van der Waals surface area contributed by atoms with Gasteiger partial charge in [-0.3, -0.25) is 4.79 Å².